The maximum Gasteiger partial charge on any atom is 0.129 e. The highest BCUT2D eigenvalue weighted by atomic mass is 16.3. The van der Waals surface area contributed by atoms with E-state index in [9.17, 15) is 5.11 Å². The summed E-state index contributed by atoms with van der Waals surface area (Å²) in [7, 11) is 0. The van der Waals surface area contributed by atoms with Gasteiger partial charge in [0.05, 0.1) is 6.04 Å². The zero-order valence-electron chi connectivity index (χ0n) is 16.7. The zero-order valence-corrected chi connectivity index (χ0v) is 16.7. The maximum absolute atomic E-state index is 11.7. The van der Waals surface area contributed by atoms with Crippen molar-refractivity contribution in [3.05, 3.63) is 0 Å². The summed E-state index contributed by atoms with van der Waals surface area (Å²) in [6.45, 7) is 0. The Morgan fingerprint density at radius 1 is 0.846 bits per heavy atom. The summed E-state index contributed by atoms with van der Waals surface area (Å²) in [5.74, 6) is 3.04. The number of aliphatic imine (C=N–C) groups is 1. The van der Waals surface area contributed by atoms with Gasteiger partial charge in [0.1, 0.15) is 11.4 Å². The molecule has 0 aromatic carbocycles. The largest absolute Gasteiger partial charge is 0.385 e. The summed E-state index contributed by atoms with van der Waals surface area (Å²) in [6.07, 6.45) is 21.2. The minimum atomic E-state index is -0.785. The van der Waals surface area contributed by atoms with Crippen LogP contribution < -0.4 is 5.73 Å². The first-order valence-electron chi connectivity index (χ1n) is 11.7. The molecule has 3 N–H and O–H groups in total. The Labute approximate surface area is 160 Å². The fourth-order valence-electron chi connectivity index (χ4n) is 6.83. The monoisotopic (exact) mass is 360 g/mol. The summed E-state index contributed by atoms with van der Waals surface area (Å²) in [6, 6.07) is 0.302. The summed E-state index contributed by atoms with van der Waals surface area (Å²) in [4.78, 5) is 4.77. The van der Waals surface area contributed by atoms with Crippen LogP contribution in [0.4, 0.5) is 0 Å². The van der Waals surface area contributed by atoms with Crippen molar-refractivity contribution < 1.29 is 5.11 Å². The Hall–Kier alpha value is -0.570. The van der Waals surface area contributed by atoms with E-state index in [2.05, 4.69) is 0 Å². The van der Waals surface area contributed by atoms with E-state index in [1.165, 1.54) is 77.0 Å². The van der Waals surface area contributed by atoms with Crippen molar-refractivity contribution in [1.82, 2.24) is 0 Å². The summed E-state index contributed by atoms with van der Waals surface area (Å²) >= 11 is 0. The molecule has 0 aromatic heterocycles. The van der Waals surface area contributed by atoms with Crippen molar-refractivity contribution in [2.45, 2.75) is 114 Å². The van der Waals surface area contributed by atoms with Crippen LogP contribution in [0.15, 0.2) is 4.99 Å². The van der Waals surface area contributed by atoms with E-state index in [1.807, 2.05) is 0 Å². The van der Waals surface area contributed by atoms with E-state index in [0.29, 0.717) is 23.7 Å². The fraction of sp³-hybridized carbons (Fsp3) is 0.957. The Kier molecular flexibility index (Phi) is 5.93. The van der Waals surface area contributed by atoms with Gasteiger partial charge >= 0.3 is 0 Å². The molecule has 3 saturated carbocycles. The molecule has 0 spiro atoms. The molecular formula is C23H40N2O. The quantitative estimate of drug-likeness (QED) is 0.707. The number of hydrogen-bond acceptors (Lipinski definition) is 3. The molecule has 4 atom stereocenters. The van der Waals surface area contributed by atoms with E-state index < -0.39 is 5.60 Å². The molecule has 4 aliphatic rings. The molecule has 4 rings (SSSR count). The Morgan fingerprint density at radius 3 is 2.23 bits per heavy atom. The number of aliphatic hydroxyl groups is 1. The Bertz CT molecular complexity index is 492. The highest BCUT2D eigenvalue weighted by Gasteiger charge is 2.55. The van der Waals surface area contributed by atoms with Gasteiger partial charge in [0.2, 0.25) is 0 Å². The standard InChI is InChI=1S/C23H40N2O/c24-22-23(26,19-12-5-2-6-13-19)20-16-18(14-15-21(20)25-22)11-7-10-17-8-3-1-4-9-17/h17-21,26H,1-16H2,(H2,24,25). The lowest BCUT2D eigenvalue weighted by Gasteiger charge is -2.44. The van der Waals surface area contributed by atoms with Crippen molar-refractivity contribution in [1.29, 1.82) is 0 Å². The van der Waals surface area contributed by atoms with Gasteiger partial charge in [-0.05, 0) is 49.9 Å². The van der Waals surface area contributed by atoms with Crippen molar-refractivity contribution in [3.63, 3.8) is 0 Å². The molecule has 3 heteroatoms. The molecule has 148 valence electrons. The van der Waals surface area contributed by atoms with Gasteiger partial charge in [-0.1, -0.05) is 70.6 Å². The van der Waals surface area contributed by atoms with Crippen LogP contribution in [-0.2, 0) is 0 Å². The van der Waals surface area contributed by atoms with Crippen LogP contribution in [-0.4, -0.2) is 22.6 Å². The topological polar surface area (TPSA) is 58.6 Å². The Morgan fingerprint density at radius 2 is 1.50 bits per heavy atom. The molecule has 0 bridgehead atoms. The van der Waals surface area contributed by atoms with Crippen LogP contribution >= 0.6 is 0 Å². The second-order valence-corrected chi connectivity index (χ2v) is 9.96. The number of rotatable bonds is 5. The average molecular weight is 361 g/mol. The van der Waals surface area contributed by atoms with E-state index in [-0.39, 0.29) is 0 Å². The summed E-state index contributed by atoms with van der Waals surface area (Å²) in [5.41, 5.74) is 5.56. The second-order valence-electron chi connectivity index (χ2n) is 9.96. The molecule has 1 heterocycles. The zero-order chi connectivity index (χ0) is 18.0. The molecule has 3 fully saturated rings. The lowest BCUT2D eigenvalue weighted by atomic mass is 9.64. The SMILES string of the molecule is NC1=NC2CCC(CCCC3CCCCC3)CC2C1(O)C1CCCCC1. The van der Waals surface area contributed by atoms with Crippen LogP contribution in [0, 0.1) is 23.7 Å². The smallest absolute Gasteiger partial charge is 0.129 e. The van der Waals surface area contributed by atoms with Gasteiger partial charge in [-0.15, -0.1) is 0 Å². The van der Waals surface area contributed by atoms with E-state index in [1.54, 1.807) is 0 Å². The second kappa shape index (κ2) is 8.20. The van der Waals surface area contributed by atoms with Crippen molar-refractivity contribution in [2.24, 2.45) is 34.4 Å². The van der Waals surface area contributed by atoms with Gasteiger partial charge in [0, 0.05) is 5.92 Å². The number of nitrogens with two attached hydrogens (primary N) is 1. The predicted octanol–water partition coefficient (Wildman–Crippen LogP) is 5.20. The molecule has 3 aliphatic carbocycles. The van der Waals surface area contributed by atoms with Crippen molar-refractivity contribution in [3.8, 4) is 0 Å². The van der Waals surface area contributed by atoms with Crippen LogP contribution in [0.3, 0.4) is 0 Å². The van der Waals surface area contributed by atoms with E-state index >= 15 is 0 Å². The number of fused-ring (bicyclic) bond motifs is 1. The molecule has 1 aliphatic heterocycles. The fourth-order valence-corrected chi connectivity index (χ4v) is 6.83. The number of amidine groups is 1. The number of nitrogens with zero attached hydrogens (tertiary/aromatic N) is 1. The average Bonchev–Trinajstić information content (AvgIpc) is 2.95. The van der Waals surface area contributed by atoms with E-state index in [0.717, 1.165) is 37.5 Å². The normalized spacial score (nSPS) is 39.6. The minimum absolute atomic E-state index is 0.302. The van der Waals surface area contributed by atoms with Gasteiger partial charge in [-0.2, -0.15) is 0 Å². The van der Waals surface area contributed by atoms with Gasteiger partial charge < -0.3 is 10.8 Å². The lowest BCUT2D eigenvalue weighted by molar-refractivity contribution is -0.0381. The number of hydrogen-bond donors (Lipinski definition) is 2. The first-order chi connectivity index (χ1) is 12.7. The molecule has 0 radical (unpaired) electrons. The third-order valence-electron chi connectivity index (χ3n) is 8.38. The van der Waals surface area contributed by atoms with E-state index in [4.69, 9.17) is 10.7 Å². The molecule has 3 nitrogen and oxygen atoms in total. The summed E-state index contributed by atoms with van der Waals surface area (Å²) in [5, 5.41) is 11.7. The van der Waals surface area contributed by atoms with Gasteiger partial charge in [-0.25, -0.2) is 0 Å². The third kappa shape index (κ3) is 3.70. The summed E-state index contributed by atoms with van der Waals surface area (Å²) < 4.78 is 0. The highest BCUT2D eigenvalue weighted by molar-refractivity contribution is 5.91. The van der Waals surface area contributed by atoms with Crippen LogP contribution in [0.5, 0.6) is 0 Å². The Balaban J connectivity index is 1.33. The molecule has 0 aromatic rings. The van der Waals surface area contributed by atoms with Gasteiger partial charge in [-0.3, -0.25) is 4.99 Å². The lowest BCUT2D eigenvalue weighted by Crippen LogP contribution is -2.55. The van der Waals surface area contributed by atoms with Gasteiger partial charge in [0.15, 0.2) is 0 Å². The van der Waals surface area contributed by atoms with Crippen molar-refractivity contribution in [2.75, 3.05) is 0 Å². The molecule has 0 amide bonds. The van der Waals surface area contributed by atoms with Gasteiger partial charge in [0.25, 0.3) is 0 Å². The first kappa shape index (κ1) is 18.8. The first-order valence-corrected chi connectivity index (χ1v) is 11.7. The highest BCUT2D eigenvalue weighted by Crippen LogP contribution is 2.49. The van der Waals surface area contributed by atoms with Crippen LogP contribution in [0.2, 0.25) is 0 Å². The molecule has 0 saturated heterocycles. The van der Waals surface area contributed by atoms with Crippen LogP contribution in [0.25, 0.3) is 0 Å². The maximum atomic E-state index is 11.7. The third-order valence-corrected chi connectivity index (χ3v) is 8.38. The predicted molar refractivity (Wildman–Crippen MR) is 108 cm³/mol. The van der Waals surface area contributed by atoms with Crippen LogP contribution in [0.1, 0.15) is 103 Å². The molecule has 26 heavy (non-hydrogen) atoms. The molecule has 4 unspecified atom stereocenters. The minimum Gasteiger partial charge on any atom is -0.385 e. The van der Waals surface area contributed by atoms with Crippen molar-refractivity contribution >= 4 is 5.84 Å². The molecular weight excluding hydrogens is 320 g/mol.